The Morgan fingerprint density at radius 1 is 1.29 bits per heavy atom. The summed E-state index contributed by atoms with van der Waals surface area (Å²) < 4.78 is 11.4. The molecule has 1 aromatic heterocycles. The average molecular weight is 284 g/mol. The lowest BCUT2D eigenvalue weighted by Crippen LogP contribution is -2.17. The van der Waals surface area contributed by atoms with E-state index in [1.807, 2.05) is 18.3 Å². The van der Waals surface area contributed by atoms with E-state index in [9.17, 15) is 0 Å². The summed E-state index contributed by atoms with van der Waals surface area (Å²) in [5, 5.41) is 3.51. The fourth-order valence-corrected chi connectivity index (χ4v) is 2.73. The monoisotopic (exact) mass is 284 g/mol. The zero-order chi connectivity index (χ0) is 14.1. The van der Waals surface area contributed by atoms with E-state index in [1.165, 1.54) is 18.4 Å². The maximum Gasteiger partial charge on any atom is 0.194 e. The van der Waals surface area contributed by atoms with Crippen LogP contribution in [0.3, 0.4) is 0 Å². The van der Waals surface area contributed by atoms with E-state index < -0.39 is 0 Å². The van der Waals surface area contributed by atoms with Crippen molar-refractivity contribution in [1.82, 2.24) is 10.3 Å². The summed E-state index contributed by atoms with van der Waals surface area (Å²) in [5.41, 5.74) is 2.35. The Morgan fingerprint density at radius 3 is 3.14 bits per heavy atom. The highest BCUT2D eigenvalue weighted by Crippen LogP contribution is 2.30. The fraction of sp³-hybridized carbons (Fsp3) is 0.471. The molecule has 2 aromatic rings. The van der Waals surface area contributed by atoms with Crippen LogP contribution in [-0.2, 0) is 12.8 Å². The van der Waals surface area contributed by atoms with Crippen LogP contribution in [0.1, 0.15) is 30.7 Å². The normalized spacial score (nSPS) is 16.8. The molecule has 1 N–H and O–H groups in total. The van der Waals surface area contributed by atoms with Gasteiger partial charge in [0.1, 0.15) is 5.75 Å². The standard InChI is InChI=1S/C17H20N2O2/c1(8-18-14-4-5-14)2-17-19-11-16(21-17)12-3-6-15-13(10-12)7-9-20-15/h3,6,10-11,14,18H,1-2,4-5,7-9H2. The van der Waals surface area contributed by atoms with Crippen LogP contribution in [0.5, 0.6) is 5.75 Å². The van der Waals surface area contributed by atoms with Crippen molar-refractivity contribution in [3.63, 3.8) is 0 Å². The summed E-state index contributed by atoms with van der Waals surface area (Å²) >= 11 is 0. The SMILES string of the molecule is c1cc2c(cc1-c1cnc(CCCNC3CC3)o1)CCO2. The van der Waals surface area contributed by atoms with Gasteiger partial charge in [0.2, 0.25) is 0 Å². The first-order valence-corrected chi connectivity index (χ1v) is 7.83. The highest BCUT2D eigenvalue weighted by molar-refractivity contribution is 5.60. The van der Waals surface area contributed by atoms with Crippen molar-refractivity contribution in [2.45, 2.75) is 38.1 Å². The van der Waals surface area contributed by atoms with E-state index in [-0.39, 0.29) is 0 Å². The Balaban J connectivity index is 1.39. The van der Waals surface area contributed by atoms with Gasteiger partial charge in [0.25, 0.3) is 0 Å². The van der Waals surface area contributed by atoms with Gasteiger partial charge in [-0.15, -0.1) is 0 Å². The summed E-state index contributed by atoms with van der Waals surface area (Å²) in [5.74, 6) is 2.69. The molecule has 2 aliphatic rings. The van der Waals surface area contributed by atoms with Gasteiger partial charge in [0, 0.05) is 24.4 Å². The molecule has 0 radical (unpaired) electrons. The third-order valence-electron chi connectivity index (χ3n) is 4.11. The van der Waals surface area contributed by atoms with Crippen LogP contribution < -0.4 is 10.1 Å². The number of aryl methyl sites for hydroxylation is 1. The first kappa shape index (κ1) is 12.9. The molecule has 0 bridgehead atoms. The molecule has 4 heteroatoms. The largest absolute Gasteiger partial charge is 0.493 e. The number of benzene rings is 1. The molecule has 4 nitrogen and oxygen atoms in total. The molecule has 1 fully saturated rings. The number of nitrogens with zero attached hydrogens (tertiary/aromatic N) is 1. The molecular formula is C17H20N2O2. The molecule has 0 spiro atoms. The highest BCUT2D eigenvalue weighted by atomic mass is 16.5. The van der Waals surface area contributed by atoms with E-state index in [2.05, 4.69) is 16.4 Å². The quantitative estimate of drug-likeness (QED) is 0.828. The van der Waals surface area contributed by atoms with Gasteiger partial charge >= 0.3 is 0 Å². The predicted octanol–water partition coefficient (Wildman–Crippen LogP) is 2.96. The summed E-state index contributed by atoms with van der Waals surface area (Å²) in [4.78, 5) is 4.39. The molecule has 0 saturated heterocycles. The number of oxazole rings is 1. The van der Waals surface area contributed by atoms with Crippen molar-refractivity contribution in [2.75, 3.05) is 13.2 Å². The minimum Gasteiger partial charge on any atom is -0.493 e. The predicted molar refractivity (Wildman–Crippen MR) is 80.5 cm³/mol. The topological polar surface area (TPSA) is 47.3 Å². The minimum atomic E-state index is 0.777. The van der Waals surface area contributed by atoms with Crippen molar-refractivity contribution < 1.29 is 9.15 Å². The van der Waals surface area contributed by atoms with Crippen LogP contribution in [0.25, 0.3) is 11.3 Å². The maximum atomic E-state index is 5.87. The lowest BCUT2D eigenvalue weighted by molar-refractivity contribution is 0.357. The number of aromatic nitrogens is 1. The Labute approximate surface area is 124 Å². The van der Waals surface area contributed by atoms with Gasteiger partial charge in [-0.05, 0) is 49.6 Å². The number of hydrogen-bond acceptors (Lipinski definition) is 4. The van der Waals surface area contributed by atoms with E-state index in [1.54, 1.807) is 0 Å². The minimum absolute atomic E-state index is 0.777. The van der Waals surface area contributed by atoms with Crippen molar-refractivity contribution in [3.05, 3.63) is 35.9 Å². The molecule has 1 aliphatic heterocycles. The van der Waals surface area contributed by atoms with Gasteiger partial charge in [-0.1, -0.05) is 0 Å². The molecule has 110 valence electrons. The molecule has 0 amide bonds. The number of rotatable bonds is 6. The fourth-order valence-electron chi connectivity index (χ4n) is 2.73. The van der Waals surface area contributed by atoms with Crippen LogP contribution in [0.15, 0.2) is 28.8 Å². The number of ether oxygens (including phenoxy) is 1. The summed E-state index contributed by atoms with van der Waals surface area (Å²) in [7, 11) is 0. The second-order valence-corrected chi connectivity index (χ2v) is 5.87. The van der Waals surface area contributed by atoms with Gasteiger partial charge in [0.05, 0.1) is 12.8 Å². The van der Waals surface area contributed by atoms with Gasteiger partial charge < -0.3 is 14.5 Å². The van der Waals surface area contributed by atoms with Crippen molar-refractivity contribution in [3.8, 4) is 17.1 Å². The van der Waals surface area contributed by atoms with Crippen LogP contribution in [0, 0.1) is 0 Å². The van der Waals surface area contributed by atoms with Gasteiger partial charge in [-0.2, -0.15) is 0 Å². The van der Waals surface area contributed by atoms with E-state index in [0.717, 1.165) is 61.4 Å². The Kier molecular flexibility index (Phi) is 3.39. The zero-order valence-electron chi connectivity index (χ0n) is 12.1. The summed E-state index contributed by atoms with van der Waals surface area (Å²) in [6, 6.07) is 7.00. The second kappa shape index (κ2) is 5.53. The Morgan fingerprint density at radius 2 is 2.24 bits per heavy atom. The summed E-state index contributed by atoms with van der Waals surface area (Å²) in [6.07, 6.45) is 7.47. The van der Waals surface area contributed by atoms with E-state index >= 15 is 0 Å². The van der Waals surface area contributed by atoms with Crippen molar-refractivity contribution in [2.24, 2.45) is 0 Å². The maximum absolute atomic E-state index is 5.87. The highest BCUT2D eigenvalue weighted by Gasteiger charge is 2.19. The molecular weight excluding hydrogens is 264 g/mol. The van der Waals surface area contributed by atoms with Crippen LogP contribution in [0.2, 0.25) is 0 Å². The Hall–Kier alpha value is -1.81. The molecule has 1 aromatic carbocycles. The molecule has 1 aliphatic carbocycles. The first-order valence-electron chi connectivity index (χ1n) is 7.83. The second-order valence-electron chi connectivity index (χ2n) is 5.87. The molecule has 1 saturated carbocycles. The van der Waals surface area contributed by atoms with Gasteiger partial charge in [0.15, 0.2) is 11.7 Å². The van der Waals surface area contributed by atoms with Gasteiger partial charge in [-0.25, -0.2) is 4.98 Å². The first-order chi connectivity index (χ1) is 10.4. The molecule has 4 rings (SSSR count). The van der Waals surface area contributed by atoms with Crippen molar-refractivity contribution >= 4 is 0 Å². The molecule has 0 atom stereocenters. The third-order valence-corrected chi connectivity index (χ3v) is 4.11. The van der Waals surface area contributed by atoms with Crippen LogP contribution >= 0.6 is 0 Å². The number of fused-ring (bicyclic) bond motifs is 1. The number of nitrogens with one attached hydrogen (secondary N) is 1. The smallest absolute Gasteiger partial charge is 0.194 e. The molecule has 2 heterocycles. The van der Waals surface area contributed by atoms with Crippen LogP contribution in [0.4, 0.5) is 0 Å². The zero-order valence-corrected chi connectivity index (χ0v) is 12.1. The van der Waals surface area contributed by atoms with Crippen molar-refractivity contribution in [1.29, 1.82) is 0 Å². The average Bonchev–Trinajstić information content (AvgIpc) is 3.02. The Bertz CT molecular complexity index is 631. The van der Waals surface area contributed by atoms with E-state index in [4.69, 9.17) is 9.15 Å². The summed E-state index contributed by atoms with van der Waals surface area (Å²) in [6.45, 7) is 1.84. The molecule has 0 unspecified atom stereocenters. The van der Waals surface area contributed by atoms with Gasteiger partial charge in [-0.3, -0.25) is 0 Å². The lowest BCUT2D eigenvalue weighted by Gasteiger charge is -2.01. The third kappa shape index (κ3) is 2.95. The molecule has 21 heavy (non-hydrogen) atoms. The van der Waals surface area contributed by atoms with E-state index in [0.29, 0.717) is 0 Å². The lowest BCUT2D eigenvalue weighted by atomic mass is 10.1. The number of hydrogen-bond donors (Lipinski definition) is 1. The van der Waals surface area contributed by atoms with Crippen LogP contribution in [-0.4, -0.2) is 24.2 Å².